The molecule has 2 aromatic carbocycles. The molecule has 0 bridgehead atoms. The van der Waals surface area contributed by atoms with Gasteiger partial charge in [0.15, 0.2) is 5.96 Å². The van der Waals surface area contributed by atoms with Crippen molar-refractivity contribution in [3.8, 4) is 0 Å². The number of hydrogen-bond donors (Lipinski definition) is 2. The van der Waals surface area contributed by atoms with Crippen LogP contribution in [0.1, 0.15) is 29.2 Å². The number of aliphatic imine (C=N–C) groups is 1. The molecule has 158 valence electrons. The molecule has 0 radical (unpaired) electrons. The summed E-state index contributed by atoms with van der Waals surface area (Å²) in [7, 11) is 2.19. The Morgan fingerprint density at radius 3 is 2.50 bits per heavy atom. The monoisotopic (exact) mass is 487 g/mol. The van der Waals surface area contributed by atoms with Crippen LogP contribution in [0.4, 0.5) is 5.69 Å². The van der Waals surface area contributed by atoms with E-state index >= 15 is 0 Å². The maximum atomic E-state index is 6.20. The normalized spacial score (nSPS) is 21.2. The van der Waals surface area contributed by atoms with Crippen LogP contribution < -0.4 is 16.0 Å². The molecule has 0 aromatic heterocycles. The summed E-state index contributed by atoms with van der Waals surface area (Å²) in [6, 6.07) is 15.4. The van der Waals surface area contributed by atoms with Gasteiger partial charge < -0.3 is 20.9 Å². The molecule has 5 rings (SSSR count). The summed E-state index contributed by atoms with van der Waals surface area (Å²) in [6.07, 6.45) is 2.02. The van der Waals surface area contributed by atoms with Crippen molar-refractivity contribution in [3.05, 3.63) is 69.2 Å². The molecule has 7 heteroatoms. The Morgan fingerprint density at radius 2 is 1.77 bits per heavy atom. The molecule has 1 unspecified atom stereocenters. The van der Waals surface area contributed by atoms with E-state index in [2.05, 4.69) is 80.6 Å². The summed E-state index contributed by atoms with van der Waals surface area (Å²) in [5.41, 5.74) is 13.8. The van der Waals surface area contributed by atoms with Gasteiger partial charge in [-0.3, -0.25) is 0 Å². The number of rotatable bonds is 2. The highest BCUT2D eigenvalue weighted by Crippen LogP contribution is 2.41. The second kappa shape index (κ2) is 8.61. The molecule has 2 aromatic rings. The minimum atomic E-state index is -0.00964. The highest BCUT2D eigenvalue weighted by molar-refractivity contribution is 9.10. The number of hydrogen-bond acceptors (Lipinski definition) is 5. The number of nitrogens with two attached hydrogens (primary N) is 1. The Kier molecular flexibility index (Phi) is 6.09. The number of aryl methyl sites for hydroxylation is 1. The summed E-state index contributed by atoms with van der Waals surface area (Å²) in [5, 5.41) is 3.34. The standard InChI is InChI=1S/C23H26BrN5.ClH/c1-28-10-12-29(13-11-28)18-6-2-15(3-7-18)21-20-8-4-16-14-17(24)5-9-19(16)22(20)27-23(25)26-21;/h2-3,5-7,9,14,21H,4,8,10-13H2,1H3,(H3,25,26,27);1H. The molecule has 1 atom stereocenters. The van der Waals surface area contributed by atoms with Crippen LogP contribution in [0.15, 0.2) is 57.5 Å². The highest BCUT2D eigenvalue weighted by Gasteiger charge is 2.29. The average molecular weight is 489 g/mol. The van der Waals surface area contributed by atoms with Crippen LogP contribution in [0.2, 0.25) is 0 Å². The van der Waals surface area contributed by atoms with E-state index in [0.717, 1.165) is 49.2 Å². The quantitative estimate of drug-likeness (QED) is 0.672. The lowest BCUT2D eigenvalue weighted by Crippen LogP contribution is -2.44. The van der Waals surface area contributed by atoms with Crippen molar-refractivity contribution in [2.75, 3.05) is 38.1 Å². The molecule has 3 aliphatic rings. The van der Waals surface area contributed by atoms with Crippen molar-refractivity contribution in [2.45, 2.75) is 18.9 Å². The predicted octanol–water partition coefficient (Wildman–Crippen LogP) is 3.94. The first-order valence-corrected chi connectivity index (χ1v) is 11.0. The van der Waals surface area contributed by atoms with Gasteiger partial charge in [0.25, 0.3) is 0 Å². The first-order chi connectivity index (χ1) is 14.1. The van der Waals surface area contributed by atoms with E-state index < -0.39 is 0 Å². The van der Waals surface area contributed by atoms with E-state index in [1.807, 2.05) is 0 Å². The van der Waals surface area contributed by atoms with Gasteiger partial charge in [-0.1, -0.05) is 34.1 Å². The van der Waals surface area contributed by atoms with Gasteiger partial charge >= 0.3 is 0 Å². The summed E-state index contributed by atoms with van der Waals surface area (Å²) < 4.78 is 1.12. The van der Waals surface area contributed by atoms with E-state index in [9.17, 15) is 0 Å². The SMILES string of the molecule is CN1CCN(c2ccc(C3N=C(N)NC4=C3CCc3cc(Br)ccc34)cc2)CC1.Cl. The Balaban J connectivity index is 0.00000218. The Morgan fingerprint density at radius 1 is 1.03 bits per heavy atom. The van der Waals surface area contributed by atoms with Gasteiger partial charge in [0.05, 0.1) is 5.70 Å². The number of benzene rings is 2. The number of halogens is 2. The van der Waals surface area contributed by atoms with Crippen molar-refractivity contribution in [2.24, 2.45) is 10.7 Å². The lowest BCUT2D eigenvalue weighted by Gasteiger charge is -2.34. The molecule has 30 heavy (non-hydrogen) atoms. The molecule has 1 saturated heterocycles. The Labute approximate surface area is 192 Å². The lowest BCUT2D eigenvalue weighted by molar-refractivity contribution is 0.313. The van der Waals surface area contributed by atoms with E-state index in [1.54, 1.807) is 0 Å². The Bertz CT molecular complexity index is 993. The van der Waals surface area contributed by atoms with Crippen LogP contribution in [0.5, 0.6) is 0 Å². The molecule has 2 aliphatic heterocycles. The van der Waals surface area contributed by atoms with Crippen LogP contribution in [0.3, 0.4) is 0 Å². The number of anilines is 1. The third kappa shape index (κ3) is 3.96. The highest BCUT2D eigenvalue weighted by atomic mass is 79.9. The van der Waals surface area contributed by atoms with E-state index in [1.165, 1.54) is 28.0 Å². The largest absolute Gasteiger partial charge is 0.370 e. The lowest BCUT2D eigenvalue weighted by atomic mass is 9.83. The van der Waals surface area contributed by atoms with Crippen LogP contribution in [0.25, 0.3) is 5.70 Å². The van der Waals surface area contributed by atoms with Gasteiger partial charge in [-0.15, -0.1) is 12.4 Å². The van der Waals surface area contributed by atoms with E-state index in [-0.39, 0.29) is 18.4 Å². The van der Waals surface area contributed by atoms with E-state index in [0.29, 0.717) is 5.96 Å². The van der Waals surface area contributed by atoms with Crippen molar-refractivity contribution in [3.63, 3.8) is 0 Å². The molecule has 1 aliphatic carbocycles. The van der Waals surface area contributed by atoms with Crippen LogP contribution in [-0.4, -0.2) is 44.1 Å². The zero-order valence-corrected chi connectivity index (χ0v) is 19.5. The molecular weight excluding hydrogens is 462 g/mol. The number of fused-ring (bicyclic) bond motifs is 2. The van der Waals surface area contributed by atoms with Crippen molar-refractivity contribution >= 4 is 45.7 Å². The van der Waals surface area contributed by atoms with Crippen LogP contribution in [-0.2, 0) is 6.42 Å². The average Bonchev–Trinajstić information content (AvgIpc) is 2.73. The topological polar surface area (TPSA) is 56.9 Å². The molecule has 2 heterocycles. The van der Waals surface area contributed by atoms with Gasteiger partial charge in [-0.2, -0.15) is 0 Å². The van der Waals surface area contributed by atoms with Crippen LogP contribution >= 0.6 is 28.3 Å². The minimum Gasteiger partial charge on any atom is -0.370 e. The number of guanidine groups is 1. The summed E-state index contributed by atoms with van der Waals surface area (Å²) in [5.74, 6) is 0.493. The molecule has 3 N–H and O–H groups in total. The maximum Gasteiger partial charge on any atom is 0.194 e. The van der Waals surface area contributed by atoms with Gasteiger partial charge in [0, 0.05) is 41.9 Å². The summed E-state index contributed by atoms with van der Waals surface area (Å²) in [4.78, 5) is 9.62. The van der Waals surface area contributed by atoms with Gasteiger partial charge in [-0.05, 0) is 60.9 Å². The third-order valence-electron chi connectivity index (χ3n) is 6.25. The van der Waals surface area contributed by atoms with Crippen molar-refractivity contribution in [1.82, 2.24) is 10.2 Å². The van der Waals surface area contributed by atoms with Crippen molar-refractivity contribution in [1.29, 1.82) is 0 Å². The van der Waals surface area contributed by atoms with Gasteiger partial charge in [0.1, 0.15) is 6.04 Å². The predicted molar refractivity (Wildman–Crippen MR) is 130 cm³/mol. The number of nitrogens with one attached hydrogen (secondary N) is 1. The summed E-state index contributed by atoms with van der Waals surface area (Å²) >= 11 is 3.59. The fourth-order valence-electron chi connectivity index (χ4n) is 4.59. The maximum absolute atomic E-state index is 6.20. The minimum absolute atomic E-state index is 0. The third-order valence-corrected chi connectivity index (χ3v) is 6.74. The van der Waals surface area contributed by atoms with Crippen molar-refractivity contribution < 1.29 is 0 Å². The molecule has 0 spiro atoms. The number of likely N-dealkylation sites (N-methyl/N-ethyl adjacent to an activating group) is 1. The second-order valence-electron chi connectivity index (χ2n) is 8.13. The number of piperazine rings is 1. The molecule has 0 saturated carbocycles. The second-order valence-corrected chi connectivity index (χ2v) is 9.04. The zero-order chi connectivity index (χ0) is 20.0. The smallest absolute Gasteiger partial charge is 0.194 e. The molecule has 5 nitrogen and oxygen atoms in total. The van der Waals surface area contributed by atoms with Gasteiger partial charge in [-0.25, -0.2) is 4.99 Å². The molecule has 0 amide bonds. The molecule has 1 fully saturated rings. The Hall–Kier alpha value is -2.02. The van der Waals surface area contributed by atoms with Gasteiger partial charge in [0.2, 0.25) is 0 Å². The first kappa shape index (κ1) is 21.2. The van der Waals surface area contributed by atoms with E-state index in [4.69, 9.17) is 10.7 Å². The van der Waals surface area contributed by atoms with Crippen LogP contribution in [0, 0.1) is 0 Å². The zero-order valence-electron chi connectivity index (χ0n) is 17.1. The summed E-state index contributed by atoms with van der Waals surface area (Å²) in [6.45, 7) is 4.39. The fraction of sp³-hybridized carbons (Fsp3) is 0.348. The first-order valence-electron chi connectivity index (χ1n) is 10.2. The number of nitrogens with zero attached hydrogens (tertiary/aromatic N) is 3. The fourth-order valence-corrected chi connectivity index (χ4v) is 5.00. The molecular formula is C23H27BrClN5.